The van der Waals surface area contributed by atoms with Crippen LogP contribution in [0.2, 0.25) is 0 Å². The Labute approximate surface area is 428 Å². The van der Waals surface area contributed by atoms with Crippen molar-refractivity contribution in [3.05, 3.63) is 188 Å². The number of ether oxygens (including phenoxy) is 2. The molecule has 0 aliphatic rings. The first kappa shape index (κ1) is 45.8. The molecule has 0 N–H and O–H groups in total. The number of para-hydroxylation sites is 2. The van der Waals surface area contributed by atoms with Crippen LogP contribution in [-0.2, 0) is 53.0 Å². The second kappa shape index (κ2) is 17.5. The van der Waals surface area contributed by atoms with Crippen molar-refractivity contribution in [3.63, 3.8) is 0 Å². The molecular formula is C58H43N7O2Pt2. The van der Waals surface area contributed by atoms with E-state index < -0.39 is 0 Å². The molecule has 0 saturated carbocycles. The van der Waals surface area contributed by atoms with E-state index >= 15 is 0 Å². The fourth-order valence-electron chi connectivity index (χ4n) is 9.50. The summed E-state index contributed by atoms with van der Waals surface area (Å²) in [6.45, 7) is 13.4. The van der Waals surface area contributed by atoms with E-state index in [1.165, 1.54) is 0 Å². The van der Waals surface area contributed by atoms with Crippen LogP contribution in [0.4, 0.5) is 0 Å². The molecule has 0 saturated heterocycles. The van der Waals surface area contributed by atoms with Gasteiger partial charge in [-0.2, -0.15) is 22.9 Å². The number of hydrogen-bond donors (Lipinski definition) is 0. The van der Waals surface area contributed by atoms with Crippen LogP contribution in [0.3, 0.4) is 0 Å². The number of rotatable bonds is 7. The molecule has 0 aliphatic carbocycles. The molecule has 6 aromatic heterocycles. The first-order chi connectivity index (χ1) is 32.5. The molecule has 9 nitrogen and oxygen atoms in total. The molecule has 12 aromatic rings. The van der Waals surface area contributed by atoms with Crippen molar-refractivity contribution in [2.45, 2.75) is 52.4 Å². The summed E-state index contributed by atoms with van der Waals surface area (Å²) in [5.41, 5.74) is 7.18. The van der Waals surface area contributed by atoms with Crippen LogP contribution in [0.25, 0.3) is 83.0 Å². The van der Waals surface area contributed by atoms with Crippen LogP contribution in [0.5, 0.6) is 23.0 Å². The van der Waals surface area contributed by atoms with Gasteiger partial charge in [0.2, 0.25) is 5.95 Å². The molecule has 0 spiro atoms. The second-order valence-electron chi connectivity index (χ2n) is 18.9. The molecular weight excluding hydrogens is 1220 g/mol. The molecule has 0 fully saturated rings. The van der Waals surface area contributed by atoms with Gasteiger partial charge in [-0.1, -0.05) is 123 Å². The number of hydrogen-bond acceptors (Lipinski definition) is 6. The SMILES string of the molecule is CC(C)(C)c1cc(Oc2[c-]c3c(cc2)c2ccc(Oc4[c-]c5c(c(C(C)(C)C)c4)c4ccccc4n5-c4ccccn4)[c-]c2n3-c2ncccn2)[c-]c2c1c1ccccc1n2-c1ccccn1.[Pt+2].[Pt+2]. The van der Waals surface area contributed by atoms with Gasteiger partial charge >= 0.3 is 42.1 Å². The van der Waals surface area contributed by atoms with E-state index in [1.807, 2.05) is 65.5 Å². The van der Waals surface area contributed by atoms with Crippen molar-refractivity contribution >= 4 is 65.4 Å². The van der Waals surface area contributed by atoms with E-state index in [1.54, 1.807) is 18.5 Å². The summed E-state index contributed by atoms with van der Waals surface area (Å²) in [6.07, 6.45) is 7.10. The quantitative estimate of drug-likeness (QED) is 0.148. The van der Waals surface area contributed by atoms with Gasteiger partial charge in [-0.25, -0.2) is 19.9 Å². The van der Waals surface area contributed by atoms with Gasteiger partial charge in [0, 0.05) is 58.8 Å². The maximum atomic E-state index is 6.80. The van der Waals surface area contributed by atoms with Crippen molar-refractivity contribution in [1.82, 2.24) is 33.6 Å². The van der Waals surface area contributed by atoms with E-state index in [2.05, 4.69) is 148 Å². The number of pyridine rings is 2. The predicted molar refractivity (Wildman–Crippen MR) is 266 cm³/mol. The Morgan fingerprint density at radius 3 is 1.22 bits per heavy atom. The zero-order valence-electron chi connectivity index (χ0n) is 38.5. The molecule has 0 unspecified atom stereocenters. The van der Waals surface area contributed by atoms with Gasteiger partial charge in [-0.3, -0.25) is 0 Å². The summed E-state index contributed by atoms with van der Waals surface area (Å²) in [5.74, 6) is 4.25. The fraction of sp³-hybridized carbons (Fsp3) is 0.138. The monoisotopic (exact) mass is 1260 g/mol. The Balaban J connectivity index is 0.00000277. The summed E-state index contributed by atoms with van der Waals surface area (Å²) in [6, 6.07) is 57.4. The van der Waals surface area contributed by atoms with Crippen molar-refractivity contribution < 1.29 is 51.6 Å². The maximum absolute atomic E-state index is 6.80. The van der Waals surface area contributed by atoms with Crippen molar-refractivity contribution in [2.24, 2.45) is 0 Å². The molecule has 0 amide bonds. The molecule has 0 aliphatic heterocycles. The normalized spacial score (nSPS) is 12.0. The van der Waals surface area contributed by atoms with E-state index in [9.17, 15) is 0 Å². The second-order valence-corrected chi connectivity index (χ2v) is 18.9. The molecule has 69 heavy (non-hydrogen) atoms. The standard InChI is InChI=1S/C58H43N7O2.2Pt/c1-57(2,3)44-30-38(34-50-54(44)42-16-7-9-18-46(42)63(50)52-20-11-13-26-59-52)66-36-22-24-40-41-25-23-37(33-49(41)65(48(40)32-36)56-61-28-15-29-62-56)67-39-31-45(58(4,5)6)55-43-17-8-10-19-47(43)64(51(55)35-39)53-21-12-14-27-60-53;;/h7-31H,1-6H3;;/q-4;2*+2. The van der Waals surface area contributed by atoms with Gasteiger partial charge in [0.1, 0.15) is 11.6 Å². The zero-order chi connectivity index (χ0) is 45.6. The van der Waals surface area contributed by atoms with Gasteiger partial charge in [0.15, 0.2) is 0 Å². The van der Waals surface area contributed by atoms with E-state index in [4.69, 9.17) is 29.4 Å². The fourth-order valence-corrected chi connectivity index (χ4v) is 9.50. The molecule has 0 bridgehead atoms. The Hall–Kier alpha value is -6.92. The summed E-state index contributed by atoms with van der Waals surface area (Å²) in [5, 5.41) is 6.39. The average molecular weight is 1260 g/mol. The summed E-state index contributed by atoms with van der Waals surface area (Å²) >= 11 is 0. The Bertz CT molecular complexity index is 3650. The molecule has 12 rings (SSSR count). The molecule has 6 heterocycles. The van der Waals surface area contributed by atoms with Crippen LogP contribution in [0, 0.1) is 24.3 Å². The van der Waals surface area contributed by atoms with Crippen LogP contribution in [0.1, 0.15) is 52.7 Å². The third kappa shape index (κ3) is 7.82. The largest absolute Gasteiger partial charge is 2.00 e. The Kier molecular flexibility index (Phi) is 11.7. The minimum Gasteiger partial charge on any atom is -0.509 e. The van der Waals surface area contributed by atoms with Gasteiger partial charge < -0.3 is 23.2 Å². The van der Waals surface area contributed by atoms with Crippen LogP contribution in [0.15, 0.2) is 152 Å². The van der Waals surface area contributed by atoms with E-state index in [0.29, 0.717) is 28.9 Å². The van der Waals surface area contributed by atoms with Crippen LogP contribution >= 0.6 is 0 Å². The van der Waals surface area contributed by atoms with Gasteiger partial charge in [0.05, 0.1) is 0 Å². The number of aromatic nitrogens is 7. The topological polar surface area (TPSA) is 84.8 Å². The summed E-state index contributed by atoms with van der Waals surface area (Å²) in [4.78, 5) is 19.0. The van der Waals surface area contributed by atoms with Crippen molar-refractivity contribution in [1.29, 1.82) is 0 Å². The first-order valence-electron chi connectivity index (χ1n) is 22.4. The molecule has 11 heteroatoms. The summed E-state index contributed by atoms with van der Waals surface area (Å²) in [7, 11) is 0. The van der Waals surface area contributed by atoms with E-state index in [-0.39, 0.29) is 53.0 Å². The minimum absolute atomic E-state index is 0. The molecule has 0 atom stereocenters. The maximum Gasteiger partial charge on any atom is 2.00 e. The van der Waals surface area contributed by atoms with E-state index in [0.717, 1.165) is 88.2 Å². The minimum atomic E-state index is -0.222. The predicted octanol–water partition coefficient (Wildman–Crippen LogP) is 13.9. The van der Waals surface area contributed by atoms with Gasteiger partial charge in [-0.05, 0) is 64.1 Å². The number of nitrogens with zero attached hydrogens (tertiary/aromatic N) is 7. The third-order valence-electron chi connectivity index (χ3n) is 12.4. The molecule has 0 radical (unpaired) electrons. The van der Waals surface area contributed by atoms with Gasteiger partial charge in [-0.15, -0.1) is 59.7 Å². The van der Waals surface area contributed by atoms with Crippen molar-refractivity contribution in [2.75, 3.05) is 0 Å². The number of fused-ring (bicyclic) bond motifs is 9. The average Bonchev–Trinajstić information content (AvgIpc) is 3.96. The Morgan fingerprint density at radius 1 is 0.391 bits per heavy atom. The Morgan fingerprint density at radius 2 is 0.797 bits per heavy atom. The third-order valence-corrected chi connectivity index (χ3v) is 12.4. The molecule has 342 valence electrons. The summed E-state index contributed by atoms with van der Waals surface area (Å²) < 4.78 is 19.9. The smallest absolute Gasteiger partial charge is 0.509 e. The van der Waals surface area contributed by atoms with Crippen LogP contribution < -0.4 is 9.47 Å². The first-order valence-corrected chi connectivity index (χ1v) is 22.4. The molecule has 6 aromatic carbocycles. The number of benzene rings is 6. The van der Waals surface area contributed by atoms with Gasteiger partial charge in [0.25, 0.3) is 0 Å². The van der Waals surface area contributed by atoms with Crippen molar-refractivity contribution in [3.8, 4) is 40.6 Å². The zero-order valence-corrected chi connectivity index (χ0v) is 43.1. The van der Waals surface area contributed by atoms with Crippen LogP contribution in [-0.4, -0.2) is 33.6 Å².